The van der Waals surface area contributed by atoms with Gasteiger partial charge in [-0.2, -0.15) is 4.31 Å². The average molecular weight is 492 g/mol. The Balaban J connectivity index is 0.00000225. The Morgan fingerprint density at radius 3 is 2.72 bits per heavy atom. The second-order valence-electron chi connectivity index (χ2n) is 5.67. The summed E-state index contributed by atoms with van der Waals surface area (Å²) in [6.45, 7) is 1.54. The Bertz CT molecular complexity index is 795. The normalized spacial score (nSPS) is 18.7. The number of nitrogens with zero attached hydrogens (tertiary/aromatic N) is 2. The largest absolute Gasteiger partial charge is 0.370 e. The molecule has 136 valence electrons. The number of aliphatic imine (C=N–C) groups is 1. The molecule has 1 fully saturated rings. The molecule has 9 heteroatoms. The SMILES string of the molecule is I.NC(=NCC1CCN(S(=O)(=O)c2cccs2)C1)Nc1ccccc1. The van der Waals surface area contributed by atoms with E-state index in [1.807, 2.05) is 30.3 Å². The van der Waals surface area contributed by atoms with Crippen LogP contribution in [-0.4, -0.2) is 38.3 Å². The molecule has 1 aromatic carbocycles. The lowest BCUT2D eigenvalue weighted by atomic mass is 10.1. The summed E-state index contributed by atoms with van der Waals surface area (Å²) in [6.07, 6.45) is 0.798. The number of guanidine groups is 1. The van der Waals surface area contributed by atoms with Crippen LogP contribution in [0.3, 0.4) is 0 Å². The van der Waals surface area contributed by atoms with Crippen LogP contribution in [0.4, 0.5) is 5.69 Å². The first-order valence-corrected chi connectivity index (χ1v) is 10.0. The molecule has 1 atom stereocenters. The van der Waals surface area contributed by atoms with Crippen LogP contribution in [0.5, 0.6) is 0 Å². The zero-order valence-electron chi connectivity index (χ0n) is 13.5. The monoisotopic (exact) mass is 492 g/mol. The van der Waals surface area contributed by atoms with Crippen molar-refractivity contribution in [3.8, 4) is 0 Å². The lowest BCUT2D eigenvalue weighted by Crippen LogP contribution is -2.29. The number of rotatable bonds is 5. The molecule has 3 N–H and O–H groups in total. The summed E-state index contributed by atoms with van der Waals surface area (Å²) < 4.78 is 26.9. The third-order valence-electron chi connectivity index (χ3n) is 3.90. The second kappa shape index (κ2) is 8.97. The van der Waals surface area contributed by atoms with Crippen LogP contribution in [0, 0.1) is 5.92 Å². The highest BCUT2D eigenvalue weighted by Gasteiger charge is 2.32. The number of halogens is 1. The second-order valence-corrected chi connectivity index (χ2v) is 8.78. The van der Waals surface area contributed by atoms with Gasteiger partial charge in [0.25, 0.3) is 10.0 Å². The molecule has 1 saturated heterocycles. The fourth-order valence-electron chi connectivity index (χ4n) is 2.64. The highest BCUT2D eigenvalue weighted by atomic mass is 127. The Morgan fingerprint density at radius 1 is 1.28 bits per heavy atom. The van der Waals surface area contributed by atoms with E-state index in [1.165, 1.54) is 11.3 Å². The molecule has 2 aromatic rings. The van der Waals surface area contributed by atoms with Gasteiger partial charge in [0, 0.05) is 25.3 Å². The minimum absolute atomic E-state index is 0. The maximum atomic E-state index is 12.5. The minimum Gasteiger partial charge on any atom is -0.370 e. The number of nitrogens with two attached hydrogens (primary N) is 1. The van der Waals surface area contributed by atoms with E-state index in [1.54, 1.807) is 21.8 Å². The van der Waals surface area contributed by atoms with Gasteiger partial charge in [-0.25, -0.2) is 8.42 Å². The average Bonchev–Trinajstić information content (AvgIpc) is 3.26. The van der Waals surface area contributed by atoms with Crippen molar-refractivity contribution in [3.63, 3.8) is 0 Å². The van der Waals surface area contributed by atoms with E-state index in [-0.39, 0.29) is 29.9 Å². The number of anilines is 1. The summed E-state index contributed by atoms with van der Waals surface area (Å²) >= 11 is 1.25. The minimum atomic E-state index is -3.36. The van der Waals surface area contributed by atoms with Crippen molar-refractivity contribution >= 4 is 57.0 Å². The van der Waals surface area contributed by atoms with E-state index < -0.39 is 10.0 Å². The van der Waals surface area contributed by atoms with Crippen LogP contribution in [-0.2, 0) is 10.0 Å². The van der Waals surface area contributed by atoms with Crippen molar-refractivity contribution in [1.29, 1.82) is 0 Å². The van der Waals surface area contributed by atoms with Gasteiger partial charge in [-0.15, -0.1) is 35.3 Å². The number of thiophene rings is 1. The van der Waals surface area contributed by atoms with Crippen LogP contribution in [0.1, 0.15) is 6.42 Å². The standard InChI is InChI=1S/C16H20N4O2S2.HI/c17-16(19-14-5-2-1-3-6-14)18-11-13-8-9-20(12-13)24(21,22)15-7-4-10-23-15;/h1-7,10,13H,8-9,11-12H2,(H3,17,18,19);1H. The molecule has 0 bridgehead atoms. The van der Waals surface area contributed by atoms with Crippen molar-refractivity contribution in [1.82, 2.24) is 4.31 Å². The Labute approximate surface area is 169 Å². The van der Waals surface area contributed by atoms with Crippen LogP contribution in [0.2, 0.25) is 0 Å². The first kappa shape index (κ1) is 20.1. The van der Waals surface area contributed by atoms with Crippen LogP contribution in [0.25, 0.3) is 0 Å². The Kier molecular flexibility index (Phi) is 7.23. The predicted molar refractivity (Wildman–Crippen MR) is 113 cm³/mol. The molecule has 0 spiro atoms. The zero-order chi connectivity index (χ0) is 17.0. The lowest BCUT2D eigenvalue weighted by molar-refractivity contribution is 0.461. The van der Waals surface area contributed by atoms with Gasteiger partial charge in [-0.05, 0) is 35.9 Å². The summed E-state index contributed by atoms with van der Waals surface area (Å²) in [7, 11) is -3.36. The molecule has 0 radical (unpaired) electrons. The van der Waals surface area contributed by atoms with E-state index in [0.29, 0.717) is 29.8 Å². The molecule has 1 aromatic heterocycles. The van der Waals surface area contributed by atoms with Gasteiger partial charge in [-0.3, -0.25) is 4.99 Å². The van der Waals surface area contributed by atoms with Gasteiger partial charge in [0.2, 0.25) is 0 Å². The number of para-hydroxylation sites is 1. The molecule has 1 aliphatic heterocycles. The molecule has 1 aliphatic rings. The summed E-state index contributed by atoms with van der Waals surface area (Å²) in [4.78, 5) is 4.35. The third-order valence-corrected chi connectivity index (χ3v) is 7.14. The molecule has 2 heterocycles. The van der Waals surface area contributed by atoms with E-state index >= 15 is 0 Å². The number of hydrogen-bond donors (Lipinski definition) is 2. The quantitative estimate of drug-likeness (QED) is 0.382. The molecule has 0 saturated carbocycles. The number of hydrogen-bond acceptors (Lipinski definition) is 4. The van der Waals surface area contributed by atoms with Gasteiger partial charge in [0.15, 0.2) is 5.96 Å². The van der Waals surface area contributed by atoms with Gasteiger partial charge in [0.1, 0.15) is 4.21 Å². The van der Waals surface area contributed by atoms with Crippen LogP contribution in [0.15, 0.2) is 57.0 Å². The number of benzene rings is 1. The van der Waals surface area contributed by atoms with Gasteiger partial charge >= 0.3 is 0 Å². The topological polar surface area (TPSA) is 87.8 Å². The van der Waals surface area contributed by atoms with Crippen molar-refractivity contribution in [2.75, 3.05) is 25.0 Å². The van der Waals surface area contributed by atoms with Crippen molar-refractivity contribution in [2.45, 2.75) is 10.6 Å². The first-order chi connectivity index (χ1) is 11.6. The Morgan fingerprint density at radius 2 is 2.04 bits per heavy atom. The highest BCUT2D eigenvalue weighted by Crippen LogP contribution is 2.27. The number of sulfonamides is 1. The van der Waals surface area contributed by atoms with E-state index in [9.17, 15) is 8.42 Å². The molecule has 6 nitrogen and oxygen atoms in total. The van der Waals surface area contributed by atoms with E-state index in [0.717, 1.165) is 12.1 Å². The molecule has 25 heavy (non-hydrogen) atoms. The number of nitrogens with one attached hydrogen (secondary N) is 1. The Hall–Kier alpha value is -1.17. The summed E-state index contributed by atoms with van der Waals surface area (Å²) in [5.74, 6) is 0.539. The van der Waals surface area contributed by atoms with Crippen molar-refractivity contribution in [3.05, 3.63) is 47.8 Å². The molecule has 3 rings (SSSR count). The molecule has 1 unspecified atom stereocenters. The first-order valence-electron chi connectivity index (χ1n) is 7.71. The van der Waals surface area contributed by atoms with Crippen LogP contribution < -0.4 is 11.1 Å². The lowest BCUT2D eigenvalue weighted by Gasteiger charge is -2.14. The van der Waals surface area contributed by atoms with Crippen molar-refractivity contribution < 1.29 is 8.42 Å². The van der Waals surface area contributed by atoms with E-state index in [2.05, 4.69) is 10.3 Å². The van der Waals surface area contributed by atoms with Gasteiger partial charge in [0.05, 0.1) is 0 Å². The van der Waals surface area contributed by atoms with E-state index in [4.69, 9.17) is 5.73 Å². The third kappa shape index (κ3) is 5.16. The molecule has 0 aliphatic carbocycles. The molecular formula is C16H21IN4O2S2. The molecule has 0 amide bonds. The van der Waals surface area contributed by atoms with Crippen LogP contribution >= 0.6 is 35.3 Å². The summed E-state index contributed by atoms with van der Waals surface area (Å²) in [6, 6.07) is 13.0. The predicted octanol–water partition coefficient (Wildman–Crippen LogP) is 2.80. The maximum Gasteiger partial charge on any atom is 0.252 e. The van der Waals surface area contributed by atoms with Gasteiger partial charge in [-0.1, -0.05) is 24.3 Å². The van der Waals surface area contributed by atoms with Crippen molar-refractivity contribution in [2.24, 2.45) is 16.6 Å². The fraction of sp³-hybridized carbons (Fsp3) is 0.312. The molecular weight excluding hydrogens is 471 g/mol. The highest BCUT2D eigenvalue weighted by molar-refractivity contribution is 14.0. The zero-order valence-corrected chi connectivity index (χ0v) is 17.5. The van der Waals surface area contributed by atoms with Gasteiger partial charge < -0.3 is 11.1 Å². The smallest absolute Gasteiger partial charge is 0.252 e. The summed E-state index contributed by atoms with van der Waals surface area (Å²) in [5.41, 5.74) is 6.77. The fourth-order valence-corrected chi connectivity index (χ4v) is 5.31. The maximum absolute atomic E-state index is 12.5. The summed E-state index contributed by atoms with van der Waals surface area (Å²) in [5, 5.41) is 4.81.